The van der Waals surface area contributed by atoms with E-state index in [0.29, 0.717) is 12.5 Å². The molecular weight excluding hydrogens is 318 g/mol. The smallest absolute Gasteiger partial charge is 0.137 e. The molecule has 0 aliphatic heterocycles. The zero-order valence-electron chi connectivity index (χ0n) is 13.3. The summed E-state index contributed by atoms with van der Waals surface area (Å²) in [4.78, 5) is 8.92. The molecule has 0 saturated heterocycles. The monoisotopic (exact) mass is 343 g/mol. The van der Waals surface area contributed by atoms with Crippen LogP contribution in [0.1, 0.15) is 53.8 Å². The zero-order valence-corrected chi connectivity index (χ0v) is 14.9. The Morgan fingerprint density at radius 2 is 1.85 bits per heavy atom. The first kappa shape index (κ1) is 17.4. The van der Waals surface area contributed by atoms with Crippen LogP contribution in [0.3, 0.4) is 0 Å². The van der Waals surface area contributed by atoms with Gasteiger partial charge in [-0.15, -0.1) is 0 Å². The Bertz CT molecular complexity index is 453. The zero-order chi connectivity index (χ0) is 15.6. The molecule has 4 nitrogen and oxygen atoms in total. The number of anilines is 1. The molecule has 1 atom stereocenters. The number of rotatable bonds is 5. The van der Waals surface area contributed by atoms with Gasteiger partial charge >= 0.3 is 0 Å². The van der Waals surface area contributed by atoms with Gasteiger partial charge in [-0.25, -0.2) is 9.97 Å². The Kier molecular flexibility index (Phi) is 5.55. The maximum absolute atomic E-state index is 10.3. The minimum absolute atomic E-state index is 0.110. The maximum atomic E-state index is 10.3. The molecule has 0 saturated carbocycles. The number of aliphatic hydroxyl groups is 1. The number of nitrogens with zero attached hydrogens (tertiary/aromatic N) is 2. The van der Waals surface area contributed by atoms with Crippen molar-refractivity contribution in [1.29, 1.82) is 0 Å². The predicted molar refractivity (Wildman–Crippen MR) is 87.0 cm³/mol. The van der Waals surface area contributed by atoms with Gasteiger partial charge in [0.25, 0.3) is 0 Å². The fourth-order valence-electron chi connectivity index (χ4n) is 2.08. The second-order valence-electron chi connectivity index (χ2n) is 7.10. The van der Waals surface area contributed by atoms with E-state index in [4.69, 9.17) is 0 Å². The van der Waals surface area contributed by atoms with Crippen molar-refractivity contribution in [2.24, 2.45) is 5.92 Å². The van der Waals surface area contributed by atoms with E-state index in [9.17, 15) is 5.11 Å². The van der Waals surface area contributed by atoms with Crippen LogP contribution in [0.25, 0.3) is 0 Å². The first-order valence-corrected chi connectivity index (χ1v) is 7.80. The van der Waals surface area contributed by atoms with E-state index < -0.39 is 5.60 Å². The van der Waals surface area contributed by atoms with Crippen molar-refractivity contribution in [3.63, 3.8) is 0 Å². The largest absolute Gasteiger partial charge is 0.388 e. The molecule has 0 amide bonds. The van der Waals surface area contributed by atoms with Crippen LogP contribution in [-0.4, -0.2) is 27.2 Å². The van der Waals surface area contributed by atoms with Crippen LogP contribution in [0.5, 0.6) is 0 Å². The van der Waals surface area contributed by atoms with Crippen LogP contribution in [0.15, 0.2) is 10.7 Å². The van der Waals surface area contributed by atoms with E-state index in [2.05, 4.69) is 65.8 Å². The molecule has 1 aromatic rings. The average molecular weight is 344 g/mol. The maximum Gasteiger partial charge on any atom is 0.137 e. The molecule has 1 rings (SSSR count). The van der Waals surface area contributed by atoms with E-state index in [1.165, 1.54) is 0 Å². The van der Waals surface area contributed by atoms with Crippen molar-refractivity contribution in [3.8, 4) is 0 Å². The molecule has 1 heterocycles. The fourth-order valence-corrected chi connectivity index (χ4v) is 2.46. The van der Waals surface area contributed by atoms with Gasteiger partial charge in [-0.05, 0) is 35.2 Å². The second-order valence-corrected chi connectivity index (χ2v) is 7.91. The SMILES string of the molecule is CC(C)CC(C)(O)CNc1cc(Br)nc(C(C)(C)C)n1. The summed E-state index contributed by atoms with van der Waals surface area (Å²) in [6.07, 6.45) is 0.748. The van der Waals surface area contributed by atoms with Crippen LogP contribution in [0, 0.1) is 5.92 Å². The van der Waals surface area contributed by atoms with Crippen LogP contribution in [-0.2, 0) is 5.41 Å². The minimum Gasteiger partial charge on any atom is -0.388 e. The van der Waals surface area contributed by atoms with Crippen molar-refractivity contribution in [3.05, 3.63) is 16.5 Å². The first-order chi connectivity index (χ1) is 8.99. The number of halogens is 1. The minimum atomic E-state index is -0.743. The third-order valence-corrected chi connectivity index (χ3v) is 3.27. The first-order valence-electron chi connectivity index (χ1n) is 7.01. The van der Waals surface area contributed by atoms with Gasteiger partial charge in [0.2, 0.25) is 0 Å². The molecule has 0 bridgehead atoms. The summed E-state index contributed by atoms with van der Waals surface area (Å²) in [5, 5.41) is 13.5. The quantitative estimate of drug-likeness (QED) is 0.799. The van der Waals surface area contributed by atoms with Crippen molar-refractivity contribution < 1.29 is 5.11 Å². The van der Waals surface area contributed by atoms with Crippen LogP contribution in [0.2, 0.25) is 0 Å². The van der Waals surface area contributed by atoms with Gasteiger partial charge < -0.3 is 10.4 Å². The number of hydrogen-bond donors (Lipinski definition) is 2. The molecule has 0 aliphatic carbocycles. The Morgan fingerprint density at radius 1 is 1.25 bits per heavy atom. The van der Waals surface area contributed by atoms with E-state index in [0.717, 1.165) is 22.7 Å². The van der Waals surface area contributed by atoms with Gasteiger partial charge in [0.15, 0.2) is 0 Å². The molecule has 1 aromatic heterocycles. The summed E-state index contributed by atoms with van der Waals surface area (Å²) >= 11 is 3.41. The lowest BCUT2D eigenvalue weighted by Crippen LogP contribution is -2.35. The molecular formula is C15H26BrN3O. The molecule has 1 unspecified atom stereocenters. The summed E-state index contributed by atoms with van der Waals surface area (Å²) < 4.78 is 0.753. The van der Waals surface area contributed by atoms with Gasteiger partial charge in [0.1, 0.15) is 16.2 Å². The number of aromatic nitrogens is 2. The summed E-state index contributed by atoms with van der Waals surface area (Å²) in [6.45, 7) is 12.8. The van der Waals surface area contributed by atoms with E-state index >= 15 is 0 Å². The van der Waals surface area contributed by atoms with E-state index in [1.54, 1.807) is 0 Å². The van der Waals surface area contributed by atoms with Crippen LogP contribution in [0.4, 0.5) is 5.82 Å². The highest BCUT2D eigenvalue weighted by Gasteiger charge is 2.23. The molecule has 0 aliphatic rings. The molecule has 0 fully saturated rings. The van der Waals surface area contributed by atoms with Gasteiger partial charge in [-0.1, -0.05) is 34.6 Å². The Labute approximate surface area is 130 Å². The summed E-state index contributed by atoms with van der Waals surface area (Å²) in [7, 11) is 0. The number of hydrogen-bond acceptors (Lipinski definition) is 4. The standard InChI is InChI=1S/C15H26BrN3O/c1-10(2)8-15(6,20)9-17-12-7-11(16)18-13(19-12)14(3,4)5/h7,10,20H,8-9H2,1-6H3,(H,17,18,19). The van der Waals surface area contributed by atoms with Crippen molar-refractivity contribution >= 4 is 21.7 Å². The molecule has 114 valence electrons. The lowest BCUT2D eigenvalue weighted by molar-refractivity contribution is 0.0514. The summed E-state index contributed by atoms with van der Waals surface area (Å²) in [5.74, 6) is 1.97. The van der Waals surface area contributed by atoms with E-state index in [-0.39, 0.29) is 5.41 Å². The normalized spacial score (nSPS) is 15.2. The molecule has 0 radical (unpaired) electrons. The third-order valence-electron chi connectivity index (χ3n) is 2.86. The highest BCUT2D eigenvalue weighted by atomic mass is 79.9. The highest BCUT2D eigenvalue weighted by molar-refractivity contribution is 9.10. The van der Waals surface area contributed by atoms with E-state index in [1.807, 2.05) is 13.0 Å². The summed E-state index contributed by atoms with van der Waals surface area (Å²) in [5.41, 5.74) is -0.853. The Hall–Kier alpha value is -0.680. The second kappa shape index (κ2) is 6.39. The van der Waals surface area contributed by atoms with Crippen molar-refractivity contribution in [2.75, 3.05) is 11.9 Å². The average Bonchev–Trinajstić information content (AvgIpc) is 2.23. The van der Waals surface area contributed by atoms with Gasteiger partial charge in [0.05, 0.1) is 5.60 Å². The fraction of sp³-hybridized carbons (Fsp3) is 0.733. The Morgan fingerprint density at radius 3 is 2.35 bits per heavy atom. The lowest BCUT2D eigenvalue weighted by atomic mass is 9.94. The van der Waals surface area contributed by atoms with Crippen molar-refractivity contribution in [1.82, 2.24) is 9.97 Å². The molecule has 5 heteroatoms. The summed E-state index contributed by atoms with van der Waals surface area (Å²) in [6, 6.07) is 1.83. The predicted octanol–water partition coefficient (Wildman–Crippen LogP) is 3.75. The van der Waals surface area contributed by atoms with Gasteiger partial charge in [-0.2, -0.15) is 0 Å². The van der Waals surface area contributed by atoms with Gasteiger partial charge in [0, 0.05) is 18.0 Å². The molecule has 0 aromatic carbocycles. The lowest BCUT2D eigenvalue weighted by Gasteiger charge is -2.26. The van der Waals surface area contributed by atoms with Crippen LogP contribution >= 0.6 is 15.9 Å². The molecule has 0 spiro atoms. The van der Waals surface area contributed by atoms with Crippen LogP contribution < -0.4 is 5.32 Å². The molecule has 20 heavy (non-hydrogen) atoms. The van der Waals surface area contributed by atoms with Gasteiger partial charge in [-0.3, -0.25) is 0 Å². The Balaban J connectivity index is 2.81. The molecule has 2 N–H and O–H groups in total. The van der Waals surface area contributed by atoms with Crippen molar-refractivity contribution in [2.45, 2.75) is 59.0 Å². The number of nitrogens with one attached hydrogen (secondary N) is 1. The topological polar surface area (TPSA) is 58.0 Å². The third kappa shape index (κ3) is 5.75. The highest BCUT2D eigenvalue weighted by Crippen LogP contribution is 2.23.